The van der Waals surface area contributed by atoms with Gasteiger partial charge in [0, 0.05) is 18.3 Å². The summed E-state index contributed by atoms with van der Waals surface area (Å²) in [5, 5.41) is 11.8. The zero-order chi connectivity index (χ0) is 12.7. The SMILES string of the molecule is Cc1nc2c3c(O)cccc3ccn2c1CCN. The van der Waals surface area contributed by atoms with Crippen LogP contribution in [0.25, 0.3) is 16.4 Å². The van der Waals surface area contributed by atoms with Crippen LogP contribution in [-0.2, 0) is 6.42 Å². The average molecular weight is 241 g/mol. The number of fused-ring (bicyclic) bond motifs is 3. The Morgan fingerprint density at radius 2 is 2.17 bits per heavy atom. The van der Waals surface area contributed by atoms with E-state index in [9.17, 15) is 5.11 Å². The maximum absolute atomic E-state index is 10.0. The molecule has 4 nitrogen and oxygen atoms in total. The topological polar surface area (TPSA) is 63.5 Å². The quantitative estimate of drug-likeness (QED) is 0.721. The second kappa shape index (κ2) is 3.99. The van der Waals surface area contributed by atoms with E-state index < -0.39 is 0 Å². The number of aryl methyl sites for hydroxylation is 1. The Kier molecular flexibility index (Phi) is 2.45. The summed E-state index contributed by atoms with van der Waals surface area (Å²) < 4.78 is 2.02. The molecule has 0 unspecified atom stereocenters. The number of aromatic nitrogens is 2. The number of pyridine rings is 1. The molecule has 92 valence electrons. The van der Waals surface area contributed by atoms with E-state index in [0.29, 0.717) is 6.54 Å². The lowest BCUT2D eigenvalue weighted by Crippen LogP contribution is -2.06. The Morgan fingerprint density at radius 3 is 2.94 bits per heavy atom. The summed E-state index contributed by atoms with van der Waals surface area (Å²) in [6.07, 6.45) is 2.77. The lowest BCUT2D eigenvalue weighted by molar-refractivity contribution is 0.482. The van der Waals surface area contributed by atoms with Crippen molar-refractivity contribution < 1.29 is 5.11 Å². The van der Waals surface area contributed by atoms with Crippen LogP contribution >= 0.6 is 0 Å². The van der Waals surface area contributed by atoms with Crippen molar-refractivity contribution in [2.24, 2.45) is 5.73 Å². The van der Waals surface area contributed by atoms with E-state index in [-0.39, 0.29) is 5.75 Å². The highest BCUT2D eigenvalue weighted by Crippen LogP contribution is 2.29. The number of benzene rings is 1. The van der Waals surface area contributed by atoms with E-state index in [0.717, 1.165) is 34.2 Å². The second-order valence-corrected chi connectivity index (χ2v) is 4.43. The Balaban J connectivity index is 2.45. The molecule has 0 bridgehead atoms. The summed E-state index contributed by atoms with van der Waals surface area (Å²) in [6, 6.07) is 7.49. The molecule has 3 N–H and O–H groups in total. The first-order chi connectivity index (χ1) is 8.72. The van der Waals surface area contributed by atoms with Crippen molar-refractivity contribution in [1.82, 2.24) is 9.38 Å². The molecular formula is C14H15N3O. The number of rotatable bonds is 2. The van der Waals surface area contributed by atoms with Crippen LogP contribution in [0.5, 0.6) is 5.75 Å². The first-order valence-corrected chi connectivity index (χ1v) is 6.00. The van der Waals surface area contributed by atoms with Crippen molar-refractivity contribution in [2.45, 2.75) is 13.3 Å². The van der Waals surface area contributed by atoms with E-state index in [2.05, 4.69) is 4.98 Å². The molecule has 0 aliphatic heterocycles. The Morgan fingerprint density at radius 1 is 1.33 bits per heavy atom. The summed E-state index contributed by atoms with van der Waals surface area (Å²) in [5.74, 6) is 0.266. The smallest absolute Gasteiger partial charge is 0.148 e. The van der Waals surface area contributed by atoms with Crippen LogP contribution in [0.4, 0.5) is 0 Å². The lowest BCUT2D eigenvalue weighted by Gasteiger charge is -2.05. The van der Waals surface area contributed by atoms with Crippen LogP contribution in [0.2, 0.25) is 0 Å². The number of hydrogen-bond donors (Lipinski definition) is 2. The number of aromatic hydroxyl groups is 1. The van der Waals surface area contributed by atoms with Gasteiger partial charge < -0.3 is 15.2 Å². The van der Waals surface area contributed by atoms with Crippen LogP contribution in [0.1, 0.15) is 11.4 Å². The molecule has 3 rings (SSSR count). The minimum Gasteiger partial charge on any atom is -0.507 e. The fraction of sp³-hybridized carbons (Fsp3) is 0.214. The molecule has 0 fully saturated rings. The van der Waals surface area contributed by atoms with Crippen LogP contribution in [0.3, 0.4) is 0 Å². The molecule has 2 aromatic heterocycles. The number of nitrogens with zero attached hydrogens (tertiary/aromatic N) is 2. The molecule has 18 heavy (non-hydrogen) atoms. The fourth-order valence-corrected chi connectivity index (χ4v) is 2.45. The first kappa shape index (κ1) is 11.0. The number of phenolic OH excluding ortho intramolecular Hbond substituents is 1. The van der Waals surface area contributed by atoms with E-state index in [1.807, 2.05) is 35.7 Å². The molecular weight excluding hydrogens is 226 g/mol. The van der Waals surface area contributed by atoms with Gasteiger partial charge in [0.1, 0.15) is 11.4 Å². The summed E-state index contributed by atoms with van der Waals surface area (Å²) in [5.41, 5.74) is 8.51. The molecule has 0 atom stereocenters. The van der Waals surface area contributed by atoms with Crippen LogP contribution in [0, 0.1) is 6.92 Å². The van der Waals surface area contributed by atoms with E-state index in [1.54, 1.807) is 6.07 Å². The molecule has 0 aliphatic carbocycles. The highest BCUT2D eigenvalue weighted by Gasteiger charge is 2.12. The van der Waals surface area contributed by atoms with Gasteiger partial charge in [0.15, 0.2) is 0 Å². The minimum atomic E-state index is 0.266. The number of hydrogen-bond acceptors (Lipinski definition) is 3. The monoisotopic (exact) mass is 241 g/mol. The predicted molar refractivity (Wildman–Crippen MR) is 71.9 cm³/mol. The van der Waals surface area contributed by atoms with Gasteiger partial charge in [-0.15, -0.1) is 0 Å². The average Bonchev–Trinajstić information content (AvgIpc) is 2.67. The zero-order valence-electron chi connectivity index (χ0n) is 10.2. The normalized spacial score (nSPS) is 11.4. The van der Waals surface area contributed by atoms with Gasteiger partial charge in [0.05, 0.1) is 11.1 Å². The van der Waals surface area contributed by atoms with Gasteiger partial charge in [-0.05, 0) is 31.0 Å². The number of imidazole rings is 1. The fourth-order valence-electron chi connectivity index (χ4n) is 2.45. The van der Waals surface area contributed by atoms with E-state index in [4.69, 9.17) is 5.73 Å². The Hall–Kier alpha value is -2.07. The highest BCUT2D eigenvalue weighted by molar-refractivity contribution is 5.98. The van der Waals surface area contributed by atoms with E-state index in [1.165, 1.54) is 0 Å². The van der Waals surface area contributed by atoms with Crippen LogP contribution in [-0.4, -0.2) is 21.0 Å². The molecule has 0 saturated carbocycles. The third kappa shape index (κ3) is 1.46. The van der Waals surface area contributed by atoms with Crippen LogP contribution < -0.4 is 5.73 Å². The van der Waals surface area contributed by atoms with Gasteiger partial charge in [-0.1, -0.05) is 12.1 Å². The lowest BCUT2D eigenvalue weighted by atomic mass is 10.1. The highest BCUT2D eigenvalue weighted by atomic mass is 16.3. The van der Waals surface area contributed by atoms with Gasteiger partial charge in [-0.3, -0.25) is 0 Å². The van der Waals surface area contributed by atoms with E-state index >= 15 is 0 Å². The Labute approximate surface area is 105 Å². The zero-order valence-corrected chi connectivity index (χ0v) is 10.2. The molecule has 2 heterocycles. The van der Waals surface area contributed by atoms with Gasteiger partial charge >= 0.3 is 0 Å². The predicted octanol–water partition coefficient (Wildman–Crippen LogP) is 2.00. The van der Waals surface area contributed by atoms with Gasteiger partial charge in [-0.2, -0.15) is 0 Å². The van der Waals surface area contributed by atoms with Gasteiger partial charge in [0.2, 0.25) is 0 Å². The number of nitrogens with two attached hydrogens (primary N) is 1. The minimum absolute atomic E-state index is 0.266. The molecule has 1 aromatic carbocycles. The van der Waals surface area contributed by atoms with Crippen molar-refractivity contribution in [3.63, 3.8) is 0 Å². The second-order valence-electron chi connectivity index (χ2n) is 4.43. The summed E-state index contributed by atoms with van der Waals surface area (Å²) in [6.45, 7) is 2.57. The maximum atomic E-state index is 10.0. The molecule has 3 aromatic rings. The summed E-state index contributed by atoms with van der Waals surface area (Å²) >= 11 is 0. The summed E-state index contributed by atoms with van der Waals surface area (Å²) in [7, 11) is 0. The molecule has 4 heteroatoms. The molecule has 0 spiro atoms. The summed E-state index contributed by atoms with van der Waals surface area (Å²) in [4.78, 5) is 4.57. The standard InChI is InChI=1S/C14H15N3O/c1-9-11(5-7-15)17-8-6-10-3-2-4-12(18)13(10)14(17)16-9/h2-4,6,8,18H,5,7,15H2,1H3. The van der Waals surface area contributed by atoms with Gasteiger partial charge in [0.25, 0.3) is 0 Å². The van der Waals surface area contributed by atoms with Crippen molar-refractivity contribution >= 4 is 16.4 Å². The first-order valence-electron chi connectivity index (χ1n) is 6.00. The molecule has 0 amide bonds. The molecule has 0 saturated heterocycles. The Bertz CT molecular complexity index is 731. The van der Waals surface area contributed by atoms with Crippen molar-refractivity contribution in [2.75, 3.05) is 6.54 Å². The third-order valence-electron chi connectivity index (χ3n) is 3.29. The largest absolute Gasteiger partial charge is 0.507 e. The number of phenols is 1. The van der Waals surface area contributed by atoms with Gasteiger partial charge in [-0.25, -0.2) is 4.98 Å². The van der Waals surface area contributed by atoms with Crippen molar-refractivity contribution in [1.29, 1.82) is 0 Å². The molecule has 0 radical (unpaired) electrons. The van der Waals surface area contributed by atoms with Crippen molar-refractivity contribution in [3.05, 3.63) is 41.9 Å². The van der Waals surface area contributed by atoms with Crippen molar-refractivity contribution in [3.8, 4) is 5.75 Å². The third-order valence-corrected chi connectivity index (χ3v) is 3.29. The van der Waals surface area contributed by atoms with Crippen LogP contribution in [0.15, 0.2) is 30.5 Å². The maximum Gasteiger partial charge on any atom is 0.148 e. The molecule has 0 aliphatic rings.